The van der Waals surface area contributed by atoms with Crippen LogP contribution in [0.3, 0.4) is 0 Å². The standard InChI is InChI=1S/C15H31NO3S/c1-5-9-20(17,18)10-7-15(6-8-19-14(15)4)12-16-11-13(2)3/h13-14,16H,5-12H2,1-4H3. The Balaban J connectivity index is 2.60. The van der Waals surface area contributed by atoms with Crippen molar-refractivity contribution in [1.29, 1.82) is 0 Å². The second kappa shape index (κ2) is 7.76. The van der Waals surface area contributed by atoms with Crippen LogP contribution >= 0.6 is 0 Å². The van der Waals surface area contributed by atoms with E-state index in [4.69, 9.17) is 4.74 Å². The third-order valence-corrected chi connectivity index (χ3v) is 6.14. The van der Waals surface area contributed by atoms with Gasteiger partial charge >= 0.3 is 0 Å². The molecule has 2 unspecified atom stereocenters. The lowest BCUT2D eigenvalue weighted by Gasteiger charge is -2.33. The predicted molar refractivity (Wildman–Crippen MR) is 83.7 cm³/mol. The minimum absolute atomic E-state index is 0.0182. The van der Waals surface area contributed by atoms with Crippen LogP contribution in [-0.2, 0) is 14.6 Å². The summed E-state index contributed by atoms with van der Waals surface area (Å²) in [6.45, 7) is 10.9. The summed E-state index contributed by atoms with van der Waals surface area (Å²) in [5.74, 6) is 1.20. The van der Waals surface area contributed by atoms with Crippen LogP contribution in [-0.4, -0.2) is 45.7 Å². The zero-order chi connectivity index (χ0) is 15.2. The summed E-state index contributed by atoms with van der Waals surface area (Å²) in [5.41, 5.74) is -0.0182. The Hall–Kier alpha value is -0.130. The number of ether oxygens (including phenoxy) is 1. The Morgan fingerprint density at radius 3 is 2.55 bits per heavy atom. The van der Waals surface area contributed by atoms with Gasteiger partial charge in [0.2, 0.25) is 0 Å². The van der Waals surface area contributed by atoms with Crippen molar-refractivity contribution in [2.75, 3.05) is 31.2 Å². The van der Waals surface area contributed by atoms with Crippen molar-refractivity contribution in [2.45, 2.75) is 53.1 Å². The van der Waals surface area contributed by atoms with Crippen molar-refractivity contribution in [3.63, 3.8) is 0 Å². The Morgan fingerprint density at radius 2 is 2.05 bits per heavy atom. The number of hydrogen-bond acceptors (Lipinski definition) is 4. The van der Waals surface area contributed by atoms with Gasteiger partial charge in [0.1, 0.15) is 9.84 Å². The average Bonchev–Trinajstić information content (AvgIpc) is 2.69. The van der Waals surface area contributed by atoms with Crippen LogP contribution in [0.1, 0.15) is 47.0 Å². The summed E-state index contributed by atoms with van der Waals surface area (Å²) < 4.78 is 29.6. The molecule has 120 valence electrons. The lowest BCUT2D eigenvalue weighted by atomic mass is 9.79. The number of hydrogen-bond donors (Lipinski definition) is 1. The third-order valence-electron chi connectivity index (χ3n) is 4.29. The number of sulfone groups is 1. The normalized spacial score (nSPS) is 27.4. The topological polar surface area (TPSA) is 55.4 Å². The van der Waals surface area contributed by atoms with E-state index in [1.165, 1.54) is 0 Å². The molecule has 1 rings (SSSR count). The van der Waals surface area contributed by atoms with Crippen molar-refractivity contribution < 1.29 is 13.2 Å². The van der Waals surface area contributed by atoms with Gasteiger partial charge in [0.15, 0.2) is 0 Å². The molecule has 0 aromatic rings. The van der Waals surface area contributed by atoms with Crippen LogP contribution in [0.5, 0.6) is 0 Å². The first-order valence-corrected chi connectivity index (χ1v) is 9.66. The van der Waals surface area contributed by atoms with Gasteiger partial charge in [-0.25, -0.2) is 8.42 Å². The van der Waals surface area contributed by atoms with Crippen LogP contribution in [0.4, 0.5) is 0 Å². The molecule has 0 bridgehead atoms. The van der Waals surface area contributed by atoms with Gasteiger partial charge in [-0.2, -0.15) is 0 Å². The highest BCUT2D eigenvalue weighted by Gasteiger charge is 2.41. The molecule has 2 atom stereocenters. The molecule has 1 N–H and O–H groups in total. The summed E-state index contributed by atoms with van der Waals surface area (Å²) >= 11 is 0. The monoisotopic (exact) mass is 305 g/mol. The fraction of sp³-hybridized carbons (Fsp3) is 1.00. The van der Waals surface area contributed by atoms with E-state index < -0.39 is 9.84 Å². The first-order valence-electron chi connectivity index (χ1n) is 7.84. The minimum Gasteiger partial charge on any atom is -0.378 e. The Morgan fingerprint density at radius 1 is 1.35 bits per heavy atom. The third kappa shape index (κ3) is 5.34. The predicted octanol–water partition coefficient (Wildman–Crippen LogP) is 2.24. The van der Waals surface area contributed by atoms with Gasteiger partial charge in [-0.15, -0.1) is 0 Å². The second-order valence-electron chi connectivity index (χ2n) is 6.55. The molecule has 1 aliphatic heterocycles. The minimum atomic E-state index is -2.91. The summed E-state index contributed by atoms with van der Waals surface area (Å²) in [5, 5.41) is 3.49. The van der Waals surface area contributed by atoms with E-state index in [-0.39, 0.29) is 17.3 Å². The van der Waals surface area contributed by atoms with Crippen molar-refractivity contribution in [1.82, 2.24) is 5.32 Å². The quantitative estimate of drug-likeness (QED) is 0.710. The molecule has 0 aromatic carbocycles. The molecule has 1 fully saturated rings. The van der Waals surface area contributed by atoms with Crippen molar-refractivity contribution >= 4 is 9.84 Å². The zero-order valence-corrected chi connectivity index (χ0v) is 14.3. The van der Waals surface area contributed by atoms with Gasteiger partial charge in [-0.3, -0.25) is 0 Å². The van der Waals surface area contributed by atoms with E-state index in [0.29, 0.717) is 24.5 Å². The average molecular weight is 305 g/mol. The van der Waals surface area contributed by atoms with Crippen LogP contribution < -0.4 is 5.32 Å². The zero-order valence-electron chi connectivity index (χ0n) is 13.4. The van der Waals surface area contributed by atoms with E-state index in [9.17, 15) is 8.42 Å². The van der Waals surface area contributed by atoms with Gasteiger partial charge in [-0.1, -0.05) is 20.8 Å². The fourth-order valence-electron chi connectivity index (χ4n) is 2.85. The highest BCUT2D eigenvalue weighted by Crippen LogP contribution is 2.38. The SMILES string of the molecule is CCCS(=O)(=O)CCC1(CNCC(C)C)CCOC1C. The summed E-state index contributed by atoms with van der Waals surface area (Å²) in [7, 11) is -2.91. The molecule has 0 amide bonds. The first-order chi connectivity index (χ1) is 9.31. The molecule has 0 aromatic heterocycles. The van der Waals surface area contributed by atoms with Gasteiger partial charge < -0.3 is 10.1 Å². The summed E-state index contributed by atoms with van der Waals surface area (Å²) in [6, 6.07) is 0. The molecule has 1 aliphatic rings. The number of nitrogens with one attached hydrogen (secondary N) is 1. The van der Waals surface area contributed by atoms with Crippen LogP contribution in [0.2, 0.25) is 0 Å². The summed E-state index contributed by atoms with van der Waals surface area (Å²) in [4.78, 5) is 0. The first kappa shape index (κ1) is 17.9. The maximum Gasteiger partial charge on any atom is 0.150 e. The lowest BCUT2D eigenvalue weighted by Crippen LogP contribution is -2.42. The van der Waals surface area contributed by atoms with Gasteiger partial charge in [0.05, 0.1) is 11.9 Å². The highest BCUT2D eigenvalue weighted by molar-refractivity contribution is 7.91. The van der Waals surface area contributed by atoms with E-state index in [2.05, 4.69) is 26.1 Å². The molecule has 20 heavy (non-hydrogen) atoms. The Bertz CT molecular complexity index is 381. The van der Waals surface area contributed by atoms with E-state index in [1.807, 2.05) is 6.92 Å². The van der Waals surface area contributed by atoms with Crippen molar-refractivity contribution in [3.8, 4) is 0 Å². The molecular formula is C15H31NO3S. The molecule has 1 saturated heterocycles. The van der Waals surface area contributed by atoms with Gasteiger partial charge in [0.25, 0.3) is 0 Å². The van der Waals surface area contributed by atoms with Crippen LogP contribution in [0, 0.1) is 11.3 Å². The van der Waals surface area contributed by atoms with E-state index >= 15 is 0 Å². The number of rotatable bonds is 9. The molecular weight excluding hydrogens is 274 g/mol. The van der Waals surface area contributed by atoms with Gasteiger partial charge in [-0.05, 0) is 38.6 Å². The Kier molecular flexibility index (Phi) is 6.95. The van der Waals surface area contributed by atoms with Crippen molar-refractivity contribution in [3.05, 3.63) is 0 Å². The van der Waals surface area contributed by atoms with E-state index in [1.54, 1.807) is 0 Å². The molecule has 1 heterocycles. The Labute approximate surface area is 124 Å². The van der Waals surface area contributed by atoms with E-state index in [0.717, 1.165) is 26.1 Å². The molecule has 0 radical (unpaired) electrons. The highest BCUT2D eigenvalue weighted by atomic mass is 32.2. The molecule has 4 nitrogen and oxygen atoms in total. The molecule has 0 aliphatic carbocycles. The van der Waals surface area contributed by atoms with Crippen LogP contribution in [0.25, 0.3) is 0 Å². The molecule has 0 spiro atoms. The smallest absolute Gasteiger partial charge is 0.150 e. The molecule has 0 saturated carbocycles. The summed E-state index contributed by atoms with van der Waals surface area (Å²) in [6.07, 6.45) is 2.51. The van der Waals surface area contributed by atoms with Crippen molar-refractivity contribution in [2.24, 2.45) is 11.3 Å². The van der Waals surface area contributed by atoms with Gasteiger partial charge in [0, 0.05) is 24.3 Å². The maximum absolute atomic E-state index is 12.0. The maximum atomic E-state index is 12.0. The lowest BCUT2D eigenvalue weighted by molar-refractivity contribution is 0.0610. The second-order valence-corrected chi connectivity index (χ2v) is 8.86. The largest absolute Gasteiger partial charge is 0.378 e. The molecule has 5 heteroatoms. The van der Waals surface area contributed by atoms with Crippen LogP contribution in [0.15, 0.2) is 0 Å². The fourth-order valence-corrected chi connectivity index (χ4v) is 4.39.